The molecule has 20 heteroatoms. The number of sulfonamides is 1. The number of nitrogens with zero attached hydrogens (tertiary/aromatic N) is 8. The van der Waals surface area contributed by atoms with Crippen LogP contribution in [0.5, 0.6) is 0 Å². The van der Waals surface area contributed by atoms with E-state index in [-0.39, 0.29) is 28.7 Å². The Morgan fingerprint density at radius 2 is 1.39 bits per heavy atom. The second kappa shape index (κ2) is 17.8. The van der Waals surface area contributed by atoms with E-state index in [1.165, 1.54) is 29.4 Å². The van der Waals surface area contributed by atoms with Gasteiger partial charge in [-0.1, -0.05) is 30.3 Å². The third-order valence-electron chi connectivity index (χ3n) is 11.4. The van der Waals surface area contributed by atoms with Crippen molar-refractivity contribution in [2.45, 2.75) is 85.5 Å². The number of nitrogens with one attached hydrogen (secondary N) is 2. The fourth-order valence-corrected chi connectivity index (χ4v) is 9.60. The van der Waals surface area contributed by atoms with E-state index >= 15 is 0 Å². The van der Waals surface area contributed by atoms with Crippen molar-refractivity contribution < 1.29 is 39.6 Å². The van der Waals surface area contributed by atoms with Gasteiger partial charge in [-0.15, -0.1) is 0 Å². The highest BCUT2D eigenvalue weighted by molar-refractivity contribution is 7.93. The normalized spacial score (nSPS) is 16.1. The van der Waals surface area contributed by atoms with Crippen LogP contribution in [-0.2, 0) is 21.0 Å². The van der Waals surface area contributed by atoms with Gasteiger partial charge in [0.1, 0.15) is 29.1 Å². The van der Waals surface area contributed by atoms with E-state index in [1.54, 1.807) is 64.8 Å². The lowest BCUT2D eigenvalue weighted by molar-refractivity contribution is -0.138. The molecule has 2 aliphatic heterocycles. The topological polar surface area (TPSA) is 159 Å². The van der Waals surface area contributed by atoms with Crippen LogP contribution < -0.4 is 14.9 Å². The lowest BCUT2D eigenvalue weighted by atomic mass is 9.92. The zero-order chi connectivity index (χ0) is 46.4. The van der Waals surface area contributed by atoms with Crippen molar-refractivity contribution in [1.29, 1.82) is 0 Å². The van der Waals surface area contributed by atoms with Crippen LogP contribution in [0.3, 0.4) is 0 Å². The molecule has 2 aromatic carbocycles. The van der Waals surface area contributed by atoms with Gasteiger partial charge in [0.2, 0.25) is 15.9 Å². The van der Waals surface area contributed by atoms with Crippen LogP contribution in [0.1, 0.15) is 102 Å². The van der Waals surface area contributed by atoms with Crippen molar-refractivity contribution in [3.63, 3.8) is 0 Å². The second-order valence-corrected chi connectivity index (χ2v) is 18.0. The standard InChI is InChI=1S/C23H24F3N5O.C21H22F3N5O2S/c1-12-18(6-5-7-20(12)23(24,25)26)13(2)28-22-19-8-16(17-10-31(11-17)15(4)32)9-27-21(19)29-14(3)30-22;1-11(14-6-4-7-15(18(14)22)19(23)24)25-20-16-10-17(29-8-5-9-32(29,30)31)12(2)26-21(16)28-13(3)27-20/h5-9,13,17H,10-11H2,1-4H3,(H,27,28,29,30);4,6-7,10-11,19H,5,8-9H2,1-3H3,(H,25,26,27,28)/t13-;11-/m11/s1. The van der Waals surface area contributed by atoms with Gasteiger partial charge in [0.05, 0.1) is 51.1 Å². The van der Waals surface area contributed by atoms with E-state index in [9.17, 15) is 39.6 Å². The van der Waals surface area contributed by atoms with Gasteiger partial charge in [-0.25, -0.2) is 51.5 Å². The minimum atomic E-state index is -4.41. The third kappa shape index (κ3) is 9.37. The van der Waals surface area contributed by atoms with Gasteiger partial charge in [0.15, 0.2) is 11.3 Å². The molecule has 2 N–H and O–H groups in total. The fraction of sp³-hybridized carbons (Fsp3) is 0.386. The molecule has 0 unspecified atom stereocenters. The summed E-state index contributed by atoms with van der Waals surface area (Å²) in [5, 5.41) is 7.48. The summed E-state index contributed by atoms with van der Waals surface area (Å²) < 4.78 is 107. The van der Waals surface area contributed by atoms with E-state index in [4.69, 9.17) is 0 Å². The summed E-state index contributed by atoms with van der Waals surface area (Å²) in [6.45, 7) is 13.2. The number of carbonyl (C=O) groups excluding carboxylic acids is 1. The van der Waals surface area contributed by atoms with Crippen molar-refractivity contribution in [3.8, 4) is 0 Å². The average Bonchev–Trinajstić information content (AvgIpc) is 3.54. The molecule has 13 nitrogen and oxygen atoms in total. The minimum absolute atomic E-state index is 0.0431. The van der Waals surface area contributed by atoms with E-state index in [1.807, 2.05) is 6.07 Å². The van der Waals surface area contributed by atoms with E-state index in [2.05, 4.69) is 40.5 Å². The van der Waals surface area contributed by atoms with Gasteiger partial charge in [0, 0.05) is 44.2 Å². The molecule has 2 fully saturated rings. The van der Waals surface area contributed by atoms with E-state index in [0.29, 0.717) is 88.4 Å². The highest BCUT2D eigenvalue weighted by Gasteiger charge is 2.34. The first-order chi connectivity index (χ1) is 30.1. The first-order valence-corrected chi connectivity index (χ1v) is 22.1. The summed E-state index contributed by atoms with van der Waals surface area (Å²) in [7, 11) is -3.43. The maximum atomic E-state index is 14.6. The molecule has 4 aromatic heterocycles. The summed E-state index contributed by atoms with van der Waals surface area (Å²) >= 11 is 0. The Balaban J connectivity index is 0.000000191. The first kappa shape index (κ1) is 45.8. The number of rotatable bonds is 9. The van der Waals surface area contributed by atoms with Gasteiger partial charge in [-0.3, -0.25) is 9.10 Å². The number of halogens is 6. The van der Waals surface area contributed by atoms with Gasteiger partial charge in [-0.05, 0) is 82.9 Å². The summed E-state index contributed by atoms with van der Waals surface area (Å²) in [6, 6.07) is 10.5. The van der Waals surface area contributed by atoms with E-state index in [0.717, 1.165) is 17.7 Å². The lowest BCUT2D eigenvalue weighted by Crippen LogP contribution is -2.47. The molecular weight excluding hydrogens is 863 g/mol. The van der Waals surface area contributed by atoms with Crippen molar-refractivity contribution in [2.24, 2.45) is 0 Å². The monoisotopic (exact) mass is 908 g/mol. The quantitative estimate of drug-likeness (QED) is 0.133. The van der Waals surface area contributed by atoms with Gasteiger partial charge in [0.25, 0.3) is 6.43 Å². The number of aryl methyl sites for hydroxylation is 3. The highest BCUT2D eigenvalue weighted by atomic mass is 32.2. The summed E-state index contributed by atoms with van der Waals surface area (Å²) in [6.07, 6.45) is -5.05. The molecule has 0 saturated carbocycles. The molecule has 0 bridgehead atoms. The Hall–Kier alpha value is -6.18. The molecule has 338 valence electrons. The van der Waals surface area contributed by atoms with Gasteiger partial charge in [-0.2, -0.15) is 13.2 Å². The molecule has 2 aliphatic rings. The van der Waals surface area contributed by atoms with E-state index < -0.39 is 51.7 Å². The van der Waals surface area contributed by atoms with Crippen molar-refractivity contribution in [2.75, 3.05) is 40.3 Å². The number of hydrogen-bond acceptors (Lipinski definition) is 11. The number of fused-ring (bicyclic) bond motifs is 2. The molecule has 64 heavy (non-hydrogen) atoms. The number of likely N-dealkylation sites (tertiary alicyclic amines) is 1. The molecule has 2 saturated heterocycles. The van der Waals surface area contributed by atoms with Crippen LogP contribution in [0, 0.1) is 33.5 Å². The van der Waals surface area contributed by atoms with Crippen molar-refractivity contribution >= 4 is 55.3 Å². The number of aromatic nitrogens is 6. The predicted octanol–water partition coefficient (Wildman–Crippen LogP) is 9.21. The summed E-state index contributed by atoms with van der Waals surface area (Å²) in [5.74, 6) is 1.07. The average molecular weight is 909 g/mol. The largest absolute Gasteiger partial charge is 0.416 e. The van der Waals surface area contributed by atoms with Crippen molar-refractivity contribution in [3.05, 3.63) is 111 Å². The van der Waals surface area contributed by atoms with Crippen LogP contribution in [0.25, 0.3) is 22.1 Å². The predicted molar refractivity (Wildman–Crippen MR) is 231 cm³/mol. The Bertz CT molecular complexity index is 2880. The number of benzene rings is 2. The molecule has 1 amide bonds. The fourth-order valence-electron chi connectivity index (χ4n) is 8.00. The molecule has 0 spiro atoms. The molecule has 8 rings (SSSR count). The Kier molecular flexibility index (Phi) is 12.7. The Morgan fingerprint density at radius 3 is 1.98 bits per heavy atom. The number of alkyl halides is 5. The smallest absolute Gasteiger partial charge is 0.363 e. The molecular formula is C44H46F6N10O3S. The van der Waals surface area contributed by atoms with Gasteiger partial charge >= 0.3 is 6.18 Å². The van der Waals surface area contributed by atoms with Crippen molar-refractivity contribution in [1.82, 2.24) is 34.8 Å². The highest BCUT2D eigenvalue weighted by Crippen LogP contribution is 2.37. The zero-order valence-corrected chi connectivity index (χ0v) is 36.8. The van der Waals surface area contributed by atoms with Crippen LogP contribution in [0.4, 0.5) is 43.7 Å². The van der Waals surface area contributed by atoms with Crippen LogP contribution in [0.15, 0.2) is 54.7 Å². The number of hydrogen-bond donors (Lipinski definition) is 2. The van der Waals surface area contributed by atoms with Crippen LogP contribution >= 0.6 is 0 Å². The first-order valence-electron chi connectivity index (χ1n) is 20.4. The second-order valence-electron chi connectivity index (χ2n) is 16.0. The molecule has 6 aromatic rings. The Labute approximate surface area is 365 Å². The molecule has 6 heterocycles. The molecule has 0 aliphatic carbocycles. The lowest BCUT2D eigenvalue weighted by Gasteiger charge is -2.38. The number of anilines is 3. The number of amides is 1. The summed E-state index contributed by atoms with van der Waals surface area (Å²) in [4.78, 5) is 39.8. The number of carbonyl (C=O) groups is 1. The SMILES string of the molecule is CC(=O)N1CC(c2cnc3nc(C)nc(N[C@H](C)c4cccc(C(F)(F)F)c4C)c3c2)C1.Cc1nc(N[C@H](C)c2cccc(C(F)F)c2F)c2cc(N3CCCS3(=O)=O)c(C)nc2n1. The van der Waals surface area contributed by atoms with Crippen LogP contribution in [-0.4, -0.2) is 74.5 Å². The maximum absolute atomic E-state index is 14.6. The minimum Gasteiger partial charge on any atom is -0.363 e. The zero-order valence-electron chi connectivity index (χ0n) is 36.0. The number of pyridine rings is 2. The maximum Gasteiger partial charge on any atom is 0.416 e. The third-order valence-corrected chi connectivity index (χ3v) is 13.3. The molecule has 0 radical (unpaired) electrons. The summed E-state index contributed by atoms with van der Waals surface area (Å²) in [5.41, 5.74) is 2.28. The Morgan fingerprint density at radius 1 is 0.812 bits per heavy atom. The molecule has 2 atom stereocenters. The van der Waals surface area contributed by atoms with Gasteiger partial charge < -0.3 is 15.5 Å². The van der Waals surface area contributed by atoms with Crippen LogP contribution in [0.2, 0.25) is 0 Å².